The molecule has 0 saturated heterocycles. The van der Waals surface area contributed by atoms with E-state index in [4.69, 9.17) is 0 Å². The van der Waals surface area contributed by atoms with E-state index in [0.29, 0.717) is 0 Å². The summed E-state index contributed by atoms with van der Waals surface area (Å²) < 4.78 is 0. The first-order valence-electron chi connectivity index (χ1n) is 11.2. The number of hydrogen-bond acceptors (Lipinski definition) is 0. The fourth-order valence-corrected chi connectivity index (χ4v) is 9.96. The molecule has 6 aliphatic rings. The SMILES string of the molecule is CC1CC2CC1C(C1CC3CC(C4CC5CC(C)C4C5)C1C3)C2. The lowest BCUT2D eigenvalue weighted by Gasteiger charge is -2.43. The molecule has 6 rings (SSSR count). The summed E-state index contributed by atoms with van der Waals surface area (Å²) in [6, 6.07) is 0. The van der Waals surface area contributed by atoms with Crippen LogP contribution in [-0.2, 0) is 0 Å². The minimum absolute atomic E-state index is 1.07. The molecule has 10 unspecified atom stereocenters. The molecule has 23 heavy (non-hydrogen) atoms. The van der Waals surface area contributed by atoms with Crippen molar-refractivity contribution in [3.63, 3.8) is 0 Å². The molecule has 0 aliphatic heterocycles. The lowest BCUT2D eigenvalue weighted by molar-refractivity contribution is 0.0547. The van der Waals surface area contributed by atoms with E-state index in [-0.39, 0.29) is 0 Å². The van der Waals surface area contributed by atoms with Gasteiger partial charge in [-0.2, -0.15) is 0 Å². The standard InChI is InChI=1S/C23H36/c1-12-3-14-5-17(12)19(7-14)21-9-16-10-22(23(21)11-16)20-8-15-4-13(2)18(20)6-15/h12-23H,3-11H2,1-2H3. The molecule has 6 bridgehead atoms. The van der Waals surface area contributed by atoms with Gasteiger partial charge in [-0.25, -0.2) is 0 Å². The maximum absolute atomic E-state index is 2.58. The second-order valence-corrected chi connectivity index (χ2v) is 11.3. The Morgan fingerprint density at radius 3 is 0.870 bits per heavy atom. The third-order valence-corrected chi connectivity index (χ3v) is 10.4. The van der Waals surface area contributed by atoms with Crippen LogP contribution in [0.5, 0.6) is 0 Å². The quantitative estimate of drug-likeness (QED) is 0.585. The number of fused-ring (bicyclic) bond motifs is 6. The first-order valence-corrected chi connectivity index (χ1v) is 11.2. The summed E-state index contributed by atoms with van der Waals surface area (Å²) in [5.41, 5.74) is 0. The first-order chi connectivity index (χ1) is 11.2. The van der Waals surface area contributed by atoms with Crippen molar-refractivity contribution in [3.05, 3.63) is 0 Å². The Bertz CT molecular complexity index is 452. The van der Waals surface area contributed by atoms with E-state index >= 15 is 0 Å². The van der Waals surface area contributed by atoms with Crippen LogP contribution in [0.1, 0.15) is 71.6 Å². The van der Waals surface area contributed by atoms with Gasteiger partial charge >= 0.3 is 0 Å². The lowest BCUT2D eigenvalue weighted by atomic mass is 9.62. The molecule has 0 radical (unpaired) electrons. The van der Waals surface area contributed by atoms with Gasteiger partial charge in [0.2, 0.25) is 0 Å². The summed E-state index contributed by atoms with van der Waals surface area (Å²) in [6.45, 7) is 5.16. The van der Waals surface area contributed by atoms with Gasteiger partial charge in [0.05, 0.1) is 0 Å². The van der Waals surface area contributed by atoms with Gasteiger partial charge in [-0.15, -0.1) is 0 Å². The van der Waals surface area contributed by atoms with Crippen LogP contribution in [0.2, 0.25) is 0 Å². The lowest BCUT2D eigenvalue weighted by Crippen LogP contribution is -2.36. The summed E-state index contributed by atoms with van der Waals surface area (Å²) in [7, 11) is 0. The van der Waals surface area contributed by atoms with Crippen LogP contribution in [0.4, 0.5) is 0 Å². The average molecular weight is 313 g/mol. The zero-order valence-corrected chi connectivity index (χ0v) is 15.3. The van der Waals surface area contributed by atoms with Gasteiger partial charge in [0.15, 0.2) is 0 Å². The van der Waals surface area contributed by atoms with E-state index < -0.39 is 0 Å². The summed E-state index contributed by atoms with van der Waals surface area (Å²) in [4.78, 5) is 0. The molecule has 0 heterocycles. The summed E-state index contributed by atoms with van der Waals surface area (Å²) in [5, 5.41) is 0. The van der Waals surface area contributed by atoms with E-state index in [2.05, 4.69) is 13.8 Å². The summed E-state index contributed by atoms with van der Waals surface area (Å²) in [6.07, 6.45) is 14.6. The van der Waals surface area contributed by atoms with Crippen molar-refractivity contribution in [3.8, 4) is 0 Å². The molecule has 10 atom stereocenters. The molecule has 0 heteroatoms. The van der Waals surface area contributed by atoms with Gasteiger partial charge in [0.1, 0.15) is 0 Å². The zero-order chi connectivity index (χ0) is 15.3. The van der Waals surface area contributed by atoms with Gasteiger partial charge < -0.3 is 0 Å². The van der Waals surface area contributed by atoms with Crippen molar-refractivity contribution in [2.75, 3.05) is 0 Å². The van der Waals surface area contributed by atoms with Gasteiger partial charge in [-0.1, -0.05) is 13.8 Å². The second-order valence-electron chi connectivity index (χ2n) is 11.3. The first kappa shape index (κ1) is 14.2. The van der Waals surface area contributed by atoms with Crippen molar-refractivity contribution in [2.45, 2.75) is 71.6 Å². The van der Waals surface area contributed by atoms with Crippen molar-refractivity contribution >= 4 is 0 Å². The highest BCUT2D eigenvalue weighted by Crippen LogP contribution is 2.66. The highest BCUT2D eigenvalue weighted by Gasteiger charge is 2.58. The predicted molar refractivity (Wildman–Crippen MR) is 94.8 cm³/mol. The Kier molecular flexibility index (Phi) is 2.96. The topological polar surface area (TPSA) is 0 Å². The van der Waals surface area contributed by atoms with E-state index in [0.717, 1.165) is 53.3 Å². The fourth-order valence-electron chi connectivity index (χ4n) is 9.96. The smallest absolute Gasteiger partial charge is 0.0349 e. The van der Waals surface area contributed by atoms with Gasteiger partial charge in [0.25, 0.3) is 0 Å². The van der Waals surface area contributed by atoms with Crippen LogP contribution in [-0.4, -0.2) is 0 Å². The number of rotatable bonds is 2. The normalized spacial score (nSPS) is 66.0. The van der Waals surface area contributed by atoms with Crippen molar-refractivity contribution in [2.24, 2.45) is 71.0 Å². The van der Waals surface area contributed by atoms with E-state index in [1.165, 1.54) is 17.8 Å². The molecular weight excluding hydrogens is 276 g/mol. The average Bonchev–Trinajstić information content (AvgIpc) is 3.31. The summed E-state index contributed by atoms with van der Waals surface area (Å²) >= 11 is 0. The summed E-state index contributed by atoms with van der Waals surface area (Å²) in [5.74, 6) is 13.7. The molecule has 6 aliphatic carbocycles. The highest BCUT2D eigenvalue weighted by molar-refractivity contribution is 5.07. The molecule has 0 aromatic carbocycles. The molecule has 128 valence electrons. The molecule has 0 N–H and O–H groups in total. The van der Waals surface area contributed by atoms with Gasteiger partial charge in [-0.05, 0) is 129 Å². The Morgan fingerprint density at radius 2 is 0.609 bits per heavy atom. The van der Waals surface area contributed by atoms with Gasteiger partial charge in [0, 0.05) is 0 Å². The highest BCUT2D eigenvalue weighted by atomic mass is 14.6. The van der Waals surface area contributed by atoms with Crippen LogP contribution in [0, 0.1) is 71.0 Å². The monoisotopic (exact) mass is 312 g/mol. The van der Waals surface area contributed by atoms with E-state index in [9.17, 15) is 0 Å². The van der Waals surface area contributed by atoms with E-state index in [1.54, 1.807) is 57.8 Å². The van der Waals surface area contributed by atoms with Gasteiger partial charge in [-0.3, -0.25) is 0 Å². The molecule has 6 fully saturated rings. The molecule has 0 aromatic rings. The Hall–Kier alpha value is 0. The molecule has 0 amide bonds. The third kappa shape index (κ3) is 1.90. The van der Waals surface area contributed by atoms with Crippen LogP contribution in [0.15, 0.2) is 0 Å². The van der Waals surface area contributed by atoms with Crippen LogP contribution >= 0.6 is 0 Å². The molecule has 0 spiro atoms. The minimum atomic E-state index is 1.07. The largest absolute Gasteiger partial charge is 0.0622 e. The maximum Gasteiger partial charge on any atom is -0.0349 e. The molecule has 6 saturated carbocycles. The van der Waals surface area contributed by atoms with Crippen molar-refractivity contribution < 1.29 is 0 Å². The van der Waals surface area contributed by atoms with Crippen molar-refractivity contribution in [1.82, 2.24) is 0 Å². The fraction of sp³-hybridized carbons (Fsp3) is 1.00. The van der Waals surface area contributed by atoms with Crippen LogP contribution in [0.3, 0.4) is 0 Å². The van der Waals surface area contributed by atoms with Crippen molar-refractivity contribution in [1.29, 1.82) is 0 Å². The molecular formula is C23H36. The minimum Gasteiger partial charge on any atom is -0.0622 e. The van der Waals surface area contributed by atoms with Crippen LogP contribution in [0.25, 0.3) is 0 Å². The number of hydrogen-bond donors (Lipinski definition) is 0. The third-order valence-electron chi connectivity index (χ3n) is 10.4. The molecule has 0 aromatic heterocycles. The Balaban J connectivity index is 1.23. The zero-order valence-electron chi connectivity index (χ0n) is 15.3. The van der Waals surface area contributed by atoms with Crippen LogP contribution < -0.4 is 0 Å². The Labute approximate surface area is 143 Å². The predicted octanol–water partition coefficient (Wildman–Crippen LogP) is 6.01. The van der Waals surface area contributed by atoms with E-state index in [1.807, 2.05) is 0 Å². The maximum atomic E-state index is 2.58. The molecule has 0 nitrogen and oxygen atoms in total. The Morgan fingerprint density at radius 1 is 0.348 bits per heavy atom. The second kappa shape index (κ2) is 4.79.